The molecule has 0 atom stereocenters. The Labute approximate surface area is 114 Å². The molecule has 2 rings (SSSR count). The number of rotatable bonds is 5. The van der Waals surface area contributed by atoms with E-state index in [1.54, 1.807) is 0 Å². The number of aliphatic hydroxyl groups excluding tert-OH is 1. The van der Waals surface area contributed by atoms with Crippen LogP contribution in [0.5, 0.6) is 0 Å². The van der Waals surface area contributed by atoms with Gasteiger partial charge in [-0.15, -0.1) is 0 Å². The molecule has 0 fully saturated rings. The van der Waals surface area contributed by atoms with E-state index in [0.717, 1.165) is 16.9 Å². The van der Waals surface area contributed by atoms with Gasteiger partial charge in [-0.1, -0.05) is 12.1 Å². The molecule has 0 saturated heterocycles. The summed E-state index contributed by atoms with van der Waals surface area (Å²) in [5.74, 6) is 0. The first-order valence-corrected chi connectivity index (χ1v) is 6.50. The number of nitrogens with zero attached hydrogens (tertiary/aromatic N) is 2. The van der Waals surface area contributed by atoms with E-state index in [2.05, 4.69) is 40.8 Å². The highest BCUT2D eigenvalue weighted by atomic mass is 16.2. The molecule has 0 aliphatic rings. The summed E-state index contributed by atoms with van der Waals surface area (Å²) in [5.41, 5.74) is 3.20. The minimum absolute atomic E-state index is 0.139. The van der Waals surface area contributed by atoms with E-state index in [4.69, 9.17) is 5.11 Å². The second kappa shape index (κ2) is 5.55. The van der Waals surface area contributed by atoms with Crippen molar-refractivity contribution in [3.63, 3.8) is 0 Å². The van der Waals surface area contributed by atoms with Gasteiger partial charge in [0.2, 0.25) is 0 Å². The molecular weight excluding hydrogens is 238 g/mol. The normalized spacial score (nSPS) is 11.8. The predicted molar refractivity (Wildman–Crippen MR) is 76.4 cm³/mol. The fraction of sp³-hybridized carbons (Fsp3) is 0.400. The quantitative estimate of drug-likeness (QED) is 0.861. The summed E-state index contributed by atoms with van der Waals surface area (Å²) in [6.45, 7) is 4.43. The van der Waals surface area contributed by atoms with Gasteiger partial charge in [-0.25, -0.2) is 4.98 Å². The van der Waals surface area contributed by atoms with Gasteiger partial charge >= 0.3 is 0 Å². The lowest BCUT2D eigenvalue weighted by atomic mass is 10.0. The predicted octanol–water partition coefficient (Wildman–Crippen LogP) is 1.86. The van der Waals surface area contributed by atoms with Gasteiger partial charge in [-0.2, -0.15) is 0 Å². The Hall–Kier alpha value is -1.65. The molecule has 0 bridgehead atoms. The standard InChI is InChI=1S/C15H21N3O/c1-15(2,16-3)14-10-17-11-18(14)13-6-4-12(5-7-13)8-9-19/h4-7,10-11,16,19H,8-9H2,1-3H3. The summed E-state index contributed by atoms with van der Waals surface area (Å²) in [6.07, 6.45) is 4.41. The van der Waals surface area contributed by atoms with Crippen molar-refractivity contribution >= 4 is 0 Å². The third kappa shape index (κ3) is 2.85. The number of nitrogens with one attached hydrogen (secondary N) is 1. The molecule has 2 aromatic rings. The van der Waals surface area contributed by atoms with E-state index in [1.807, 2.05) is 31.7 Å². The van der Waals surface area contributed by atoms with Gasteiger partial charge in [0.25, 0.3) is 0 Å². The van der Waals surface area contributed by atoms with E-state index in [1.165, 1.54) is 0 Å². The van der Waals surface area contributed by atoms with Crippen LogP contribution in [0.4, 0.5) is 0 Å². The molecule has 0 aliphatic heterocycles. The van der Waals surface area contributed by atoms with Crippen molar-refractivity contribution in [1.82, 2.24) is 14.9 Å². The number of hydrogen-bond donors (Lipinski definition) is 2. The van der Waals surface area contributed by atoms with Gasteiger partial charge in [0.15, 0.2) is 0 Å². The average molecular weight is 259 g/mol. The molecule has 1 heterocycles. The molecule has 1 aromatic heterocycles. The zero-order valence-corrected chi connectivity index (χ0v) is 11.7. The van der Waals surface area contributed by atoms with Crippen LogP contribution < -0.4 is 5.32 Å². The van der Waals surface area contributed by atoms with Gasteiger partial charge < -0.3 is 15.0 Å². The molecule has 1 aromatic carbocycles. The molecule has 102 valence electrons. The molecule has 4 heteroatoms. The molecule has 0 unspecified atom stereocenters. The minimum Gasteiger partial charge on any atom is -0.396 e. The van der Waals surface area contributed by atoms with Crippen LogP contribution in [0.1, 0.15) is 25.1 Å². The fourth-order valence-corrected chi connectivity index (χ4v) is 2.04. The number of imidazole rings is 1. The Morgan fingerprint density at radius 3 is 2.53 bits per heavy atom. The second-order valence-corrected chi connectivity index (χ2v) is 5.16. The van der Waals surface area contributed by atoms with Crippen LogP contribution in [0.2, 0.25) is 0 Å². The van der Waals surface area contributed by atoms with Crippen molar-refractivity contribution in [1.29, 1.82) is 0 Å². The van der Waals surface area contributed by atoms with Crippen LogP contribution in [0.3, 0.4) is 0 Å². The number of benzene rings is 1. The summed E-state index contributed by atoms with van der Waals surface area (Å²) in [6, 6.07) is 8.20. The second-order valence-electron chi connectivity index (χ2n) is 5.16. The van der Waals surface area contributed by atoms with Crippen LogP contribution in [-0.4, -0.2) is 28.3 Å². The summed E-state index contributed by atoms with van der Waals surface area (Å²) in [7, 11) is 1.95. The Balaban J connectivity index is 2.35. The highest BCUT2D eigenvalue weighted by molar-refractivity contribution is 5.37. The van der Waals surface area contributed by atoms with Crippen LogP contribution >= 0.6 is 0 Å². The van der Waals surface area contributed by atoms with E-state index >= 15 is 0 Å². The van der Waals surface area contributed by atoms with Crippen molar-refractivity contribution in [2.75, 3.05) is 13.7 Å². The summed E-state index contributed by atoms with van der Waals surface area (Å²) in [4.78, 5) is 4.25. The lowest BCUT2D eigenvalue weighted by molar-refractivity contribution is 0.299. The highest BCUT2D eigenvalue weighted by Crippen LogP contribution is 2.22. The smallest absolute Gasteiger partial charge is 0.0994 e. The Kier molecular flexibility index (Phi) is 4.02. The maximum Gasteiger partial charge on any atom is 0.0994 e. The lowest BCUT2D eigenvalue weighted by Gasteiger charge is -2.25. The molecule has 0 amide bonds. The topological polar surface area (TPSA) is 50.1 Å². The van der Waals surface area contributed by atoms with Gasteiger partial charge in [0.1, 0.15) is 0 Å². The maximum atomic E-state index is 8.93. The summed E-state index contributed by atoms with van der Waals surface area (Å²) >= 11 is 0. The van der Waals surface area contributed by atoms with Gasteiger partial charge in [-0.3, -0.25) is 0 Å². The molecule has 0 saturated carbocycles. The fourth-order valence-electron chi connectivity index (χ4n) is 2.04. The molecule has 0 spiro atoms. The third-order valence-electron chi connectivity index (χ3n) is 3.52. The van der Waals surface area contributed by atoms with Crippen LogP contribution in [0, 0.1) is 0 Å². The van der Waals surface area contributed by atoms with Crippen molar-refractivity contribution in [3.05, 3.63) is 48.0 Å². The van der Waals surface area contributed by atoms with Gasteiger partial charge in [0, 0.05) is 12.3 Å². The Morgan fingerprint density at radius 1 is 1.26 bits per heavy atom. The highest BCUT2D eigenvalue weighted by Gasteiger charge is 2.22. The number of aliphatic hydroxyl groups is 1. The van der Waals surface area contributed by atoms with Crippen molar-refractivity contribution in [2.24, 2.45) is 0 Å². The molecular formula is C15H21N3O. The molecule has 0 aliphatic carbocycles. The average Bonchev–Trinajstić information content (AvgIpc) is 2.90. The zero-order chi connectivity index (χ0) is 13.9. The maximum absolute atomic E-state index is 8.93. The largest absolute Gasteiger partial charge is 0.396 e. The van der Waals surface area contributed by atoms with Gasteiger partial charge in [0.05, 0.1) is 23.8 Å². The van der Waals surface area contributed by atoms with Crippen molar-refractivity contribution < 1.29 is 5.11 Å². The number of aromatic nitrogens is 2. The molecule has 0 radical (unpaired) electrons. The Morgan fingerprint density at radius 2 is 1.95 bits per heavy atom. The van der Waals surface area contributed by atoms with E-state index < -0.39 is 0 Å². The van der Waals surface area contributed by atoms with Crippen molar-refractivity contribution in [2.45, 2.75) is 25.8 Å². The van der Waals surface area contributed by atoms with E-state index in [9.17, 15) is 0 Å². The monoisotopic (exact) mass is 259 g/mol. The zero-order valence-electron chi connectivity index (χ0n) is 11.7. The first-order chi connectivity index (χ1) is 9.08. The van der Waals surface area contributed by atoms with E-state index in [0.29, 0.717) is 6.42 Å². The first-order valence-electron chi connectivity index (χ1n) is 6.50. The third-order valence-corrected chi connectivity index (χ3v) is 3.52. The summed E-state index contributed by atoms with van der Waals surface area (Å²) < 4.78 is 2.08. The SMILES string of the molecule is CNC(C)(C)c1cncn1-c1ccc(CCO)cc1. The first kappa shape index (κ1) is 13.8. The van der Waals surface area contributed by atoms with E-state index in [-0.39, 0.29) is 12.1 Å². The van der Waals surface area contributed by atoms with Crippen LogP contribution in [0.25, 0.3) is 5.69 Å². The summed E-state index contributed by atoms with van der Waals surface area (Å²) in [5, 5.41) is 12.2. The van der Waals surface area contributed by atoms with Gasteiger partial charge in [-0.05, 0) is 45.0 Å². The molecule has 19 heavy (non-hydrogen) atoms. The van der Waals surface area contributed by atoms with Crippen LogP contribution in [-0.2, 0) is 12.0 Å². The van der Waals surface area contributed by atoms with Crippen molar-refractivity contribution in [3.8, 4) is 5.69 Å². The molecule has 4 nitrogen and oxygen atoms in total. The molecule has 2 N–H and O–H groups in total. The Bertz CT molecular complexity index is 529. The minimum atomic E-state index is -0.139. The van der Waals surface area contributed by atoms with Crippen LogP contribution in [0.15, 0.2) is 36.8 Å². The lowest BCUT2D eigenvalue weighted by Crippen LogP contribution is -2.35. The number of hydrogen-bond acceptors (Lipinski definition) is 3.